The number of carbonyl (C=O) groups excluding carboxylic acids is 2. The fourth-order valence-corrected chi connectivity index (χ4v) is 3.93. The van der Waals surface area contributed by atoms with Crippen LogP contribution in [-0.4, -0.2) is 31.4 Å². The lowest BCUT2D eigenvalue weighted by molar-refractivity contribution is -0.120. The number of amides is 2. The van der Waals surface area contributed by atoms with Gasteiger partial charge in [-0.3, -0.25) is 9.59 Å². The molecule has 5 heteroatoms. The Labute approximate surface area is 183 Å². The number of nitrogens with one attached hydrogen (secondary N) is 2. The van der Waals surface area contributed by atoms with E-state index in [0.29, 0.717) is 23.7 Å². The molecule has 0 saturated carbocycles. The van der Waals surface area contributed by atoms with Gasteiger partial charge in [-0.2, -0.15) is 0 Å². The molecule has 1 aromatic rings. The Morgan fingerprint density at radius 3 is 2.47 bits per heavy atom. The maximum absolute atomic E-state index is 13.0. The summed E-state index contributed by atoms with van der Waals surface area (Å²) in [7, 11) is 0. The van der Waals surface area contributed by atoms with Crippen LogP contribution in [0.1, 0.15) is 83.5 Å². The molecule has 2 amide bonds. The SMILES string of the molecule is CCCCC(CC)C(=O)Nc1ccc(N2CCC(C)CC2)c(C(=O)NCC(C)C)c1. The van der Waals surface area contributed by atoms with Crippen LogP contribution in [0.4, 0.5) is 11.4 Å². The molecule has 168 valence electrons. The second kappa shape index (κ2) is 12.0. The summed E-state index contributed by atoms with van der Waals surface area (Å²) in [4.78, 5) is 28.1. The molecule has 0 radical (unpaired) electrons. The molecule has 1 aromatic carbocycles. The first-order valence-corrected chi connectivity index (χ1v) is 11.8. The maximum atomic E-state index is 13.0. The lowest BCUT2D eigenvalue weighted by Gasteiger charge is -2.33. The summed E-state index contributed by atoms with van der Waals surface area (Å²) >= 11 is 0. The van der Waals surface area contributed by atoms with Gasteiger partial charge in [-0.1, -0.05) is 47.5 Å². The van der Waals surface area contributed by atoms with E-state index in [1.165, 1.54) is 0 Å². The van der Waals surface area contributed by atoms with Gasteiger partial charge < -0.3 is 15.5 Å². The third kappa shape index (κ3) is 7.03. The second-order valence-corrected chi connectivity index (χ2v) is 9.24. The monoisotopic (exact) mass is 415 g/mol. The van der Waals surface area contributed by atoms with Crippen LogP contribution < -0.4 is 15.5 Å². The summed E-state index contributed by atoms with van der Waals surface area (Å²) in [5.41, 5.74) is 2.34. The van der Waals surface area contributed by atoms with Gasteiger partial charge in [0.15, 0.2) is 0 Å². The van der Waals surface area contributed by atoms with Crippen LogP contribution in [0.2, 0.25) is 0 Å². The van der Waals surface area contributed by atoms with Crippen LogP contribution in [-0.2, 0) is 4.79 Å². The summed E-state index contributed by atoms with van der Waals surface area (Å²) < 4.78 is 0. The number of hydrogen-bond donors (Lipinski definition) is 2. The summed E-state index contributed by atoms with van der Waals surface area (Å²) in [5, 5.41) is 6.11. The van der Waals surface area contributed by atoms with E-state index in [9.17, 15) is 9.59 Å². The van der Waals surface area contributed by atoms with Crippen LogP contribution >= 0.6 is 0 Å². The van der Waals surface area contributed by atoms with Gasteiger partial charge in [0, 0.05) is 36.9 Å². The van der Waals surface area contributed by atoms with Crippen molar-refractivity contribution < 1.29 is 9.59 Å². The Balaban J connectivity index is 2.22. The first-order valence-electron chi connectivity index (χ1n) is 11.8. The molecule has 1 aliphatic heterocycles. The van der Waals surface area contributed by atoms with Gasteiger partial charge in [-0.25, -0.2) is 0 Å². The van der Waals surface area contributed by atoms with Crippen LogP contribution in [0.5, 0.6) is 0 Å². The highest BCUT2D eigenvalue weighted by molar-refractivity contribution is 6.02. The first kappa shape index (κ1) is 24.2. The van der Waals surface area contributed by atoms with Crippen molar-refractivity contribution in [1.29, 1.82) is 0 Å². The van der Waals surface area contributed by atoms with Crippen molar-refractivity contribution in [3.05, 3.63) is 23.8 Å². The number of hydrogen-bond acceptors (Lipinski definition) is 3. The fraction of sp³-hybridized carbons (Fsp3) is 0.680. The number of rotatable bonds is 10. The van der Waals surface area contributed by atoms with E-state index >= 15 is 0 Å². The molecule has 30 heavy (non-hydrogen) atoms. The Kier molecular flexibility index (Phi) is 9.67. The minimum Gasteiger partial charge on any atom is -0.371 e. The Bertz CT molecular complexity index is 694. The average Bonchev–Trinajstić information content (AvgIpc) is 2.73. The Morgan fingerprint density at radius 2 is 1.87 bits per heavy atom. The Morgan fingerprint density at radius 1 is 1.17 bits per heavy atom. The van der Waals surface area contributed by atoms with Gasteiger partial charge in [0.05, 0.1) is 5.56 Å². The van der Waals surface area contributed by atoms with Gasteiger partial charge in [0.2, 0.25) is 5.91 Å². The van der Waals surface area contributed by atoms with E-state index in [-0.39, 0.29) is 17.7 Å². The molecular weight excluding hydrogens is 374 g/mol. The maximum Gasteiger partial charge on any atom is 0.253 e. The van der Waals surface area contributed by atoms with E-state index < -0.39 is 0 Å². The third-order valence-corrected chi connectivity index (χ3v) is 6.07. The molecule has 1 saturated heterocycles. The zero-order valence-corrected chi connectivity index (χ0v) is 19.6. The highest BCUT2D eigenvalue weighted by Gasteiger charge is 2.23. The third-order valence-electron chi connectivity index (χ3n) is 6.07. The minimum absolute atomic E-state index is 0.0198. The average molecular weight is 416 g/mol. The highest BCUT2D eigenvalue weighted by Crippen LogP contribution is 2.29. The molecule has 0 bridgehead atoms. The molecule has 0 aliphatic carbocycles. The zero-order chi connectivity index (χ0) is 22.1. The van der Waals surface area contributed by atoms with Crippen LogP contribution in [0.25, 0.3) is 0 Å². The molecule has 1 fully saturated rings. The van der Waals surface area contributed by atoms with Crippen molar-refractivity contribution in [2.24, 2.45) is 17.8 Å². The normalized spacial score (nSPS) is 15.9. The zero-order valence-electron chi connectivity index (χ0n) is 19.6. The van der Waals surface area contributed by atoms with Gasteiger partial charge in [-0.05, 0) is 55.7 Å². The topological polar surface area (TPSA) is 61.4 Å². The van der Waals surface area contributed by atoms with Crippen LogP contribution in [0.15, 0.2) is 18.2 Å². The predicted molar refractivity (Wildman–Crippen MR) is 126 cm³/mol. The molecule has 0 spiro atoms. The van der Waals surface area contributed by atoms with E-state index in [4.69, 9.17) is 0 Å². The van der Waals surface area contributed by atoms with E-state index in [1.807, 2.05) is 18.2 Å². The number of benzene rings is 1. The Hall–Kier alpha value is -2.04. The smallest absolute Gasteiger partial charge is 0.253 e. The number of piperidine rings is 1. The lowest BCUT2D eigenvalue weighted by Crippen LogP contribution is -2.35. The van der Waals surface area contributed by atoms with Gasteiger partial charge in [-0.15, -0.1) is 0 Å². The number of unbranched alkanes of at least 4 members (excludes halogenated alkanes) is 1. The quantitative estimate of drug-likeness (QED) is 0.533. The van der Waals surface area contributed by atoms with Gasteiger partial charge in [0.1, 0.15) is 0 Å². The van der Waals surface area contributed by atoms with Crippen molar-refractivity contribution in [3.8, 4) is 0 Å². The molecule has 1 heterocycles. The van der Waals surface area contributed by atoms with Crippen molar-refractivity contribution in [1.82, 2.24) is 5.32 Å². The van der Waals surface area contributed by atoms with Crippen LogP contribution in [0.3, 0.4) is 0 Å². The molecule has 0 aromatic heterocycles. The first-order chi connectivity index (χ1) is 14.3. The lowest BCUT2D eigenvalue weighted by atomic mass is 9.97. The standard InChI is InChI=1S/C25H41N3O2/c1-6-8-9-20(7-2)24(29)27-21-10-11-23(28-14-12-19(5)13-15-28)22(16-21)25(30)26-17-18(3)4/h10-11,16,18-20H,6-9,12-15,17H2,1-5H3,(H,26,30)(H,27,29). The summed E-state index contributed by atoms with van der Waals surface area (Å²) in [6.07, 6.45) is 6.17. The van der Waals surface area contributed by atoms with Crippen molar-refractivity contribution in [2.75, 3.05) is 29.9 Å². The summed E-state index contributed by atoms with van der Waals surface area (Å²) in [5.74, 6) is 1.13. The van der Waals surface area contributed by atoms with E-state index in [1.54, 1.807) is 0 Å². The largest absolute Gasteiger partial charge is 0.371 e. The summed E-state index contributed by atoms with van der Waals surface area (Å²) in [6.45, 7) is 13.2. The molecule has 5 nitrogen and oxygen atoms in total. The number of carbonyl (C=O) groups is 2. The predicted octanol–water partition coefficient (Wildman–Crippen LogP) is 5.46. The minimum atomic E-state index is -0.0635. The highest BCUT2D eigenvalue weighted by atomic mass is 16.2. The summed E-state index contributed by atoms with van der Waals surface area (Å²) in [6, 6.07) is 5.80. The molecular formula is C25H41N3O2. The van der Waals surface area contributed by atoms with Gasteiger partial charge >= 0.3 is 0 Å². The van der Waals surface area contributed by atoms with Crippen molar-refractivity contribution in [2.45, 2.75) is 73.1 Å². The van der Waals surface area contributed by atoms with Gasteiger partial charge in [0.25, 0.3) is 5.91 Å². The fourth-order valence-electron chi connectivity index (χ4n) is 3.93. The molecule has 2 rings (SSSR count). The van der Waals surface area contributed by atoms with Crippen molar-refractivity contribution in [3.63, 3.8) is 0 Å². The van der Waals surface area contributed by atoms with Crippen LogP contribution in [0, 0.1) is 17.8 Å². The molecule has 1 aliphatic rings. The number of nitrogens with zero attached hydrogens (tertiary/aromatic N) is 1. The molecule has 1 atom stereocenters. The number of anilines is 2. The van der Waals surface area contributed by atoms with E-state index in [0.717, 1.165) is 63.2 Å². The van der Waals surface area contributed by atoms with Crippen molar-refractivity contribution >= 4 is 23.2 Å². The molecule has 1 unspecified atom stereocenters. The molecule has 2 N–H and O–H groups in total. The second-order valence-electron chi connectivity index (χ2n) is 9.24. The van der Waals surface area contributed by atoms with E-state index in [2.05, 4.69) is 50.2 Å².